The molecule has 140 valence electrons. The van der Waals surface area contributed by atoms with Gasteiger partial charge in [-0.3, -0.25) is 0 Å². The van der Waals surface area contributed by atoms with E-state index in [0.717, 1.165) is 0 Å². The van der Waals surface area contributed by atoms with E-state index in [1.54, 1.807) is 36.4 Å². The number of nitrogens with two attached hydrogens (primary N) is 1. The third kappa shape index (κ3) is 4.61. The van der Waals surface area contributed by atoms with E-state index in [2.05, 4.69) is 0 Å². The summed E-state index contributed by atoms with van der Waals surface area (Å²) in [6.07, 6.45) is 0. The summed E-state index contributed by atoms with van der Waals surface area (Å²) < 4.78 is 39.2. The second-order valence-electron chi connectivity index (χ2n) is 5.93. The lowest BCUT2D eigenvalue weighted by atomic mass is 10.0. The Hall–Kier alpha value is -2.96. The van der Waals surface area contributed by atoms with Crippen molar-refractivity contribution in [3.63, 3.8) is 0 Å². The first-order valence-corrected chi connectivity index (χ1v) is 8.33. The van der Waals surface area contributed by atoms with Gasteiger partial charge in [0.05, 0.1) is 6.04 Å². The number of aliphatic hydroxyl groups is 1. The van der Waals surface area contributed by atoms with Gasteiger partial charge in [0, 0.05) is 0 Å². The fraction of sp³-hybridized carbons (Fsp3) is 0.143. The lowest BCUT2D eigenvalue weighted by Crippen LogP contribution is -2.36. The van der Waals surface area contributed by atoms with Gasteiger partial charge in [0.2, 0.25) is 0 Å². The van der Waals surface area contributed by atoms with Crippen LogP contribution in [-0.4, -0.2) is 17.6 Å². The van der Waals surface area contributed by atoms with Crippen LogP contribution in [0.5, 0.6) is 23.0 Å². The Morgan fingerprint density at radius 1 is 0.815 bits per heavy atom. The standard InChI is InChI=1S/C21H19F2NO3/c22-21(23,14-25)20(24)15-11-12-18(26-16-7-3-1-4-8-16)19(13-15)27-17-9-5-2-6-10-17/h1-13,20,25H,14,24H2/t20-/m1/s1. The molecule has 3 aromatic carbocycles. The van der Waals surface area contributed by atoms with Crippen molar-refractivity contribution < 1.29 is 23.4 Å². The summed E-state index contributed by atoms with van der Waals surface area (Å²) >= 11 is 0. The SMILES string of the molecule is N[C@H](c1ccc(Oc2ccccc2)c(Oc2ccccc2)c1)C(F)(F)CO. The molecular formula is C21H19F2NO3. The van der Waals surface area contributed by atoms with Crippen molar-refractivity contribution in [2.75, 3.05) is 6.61 Å². The smallest absolute Gasteiger partial charge is 0.289 e. The Labute approximate surface area is 155 Å². The van der Waals surface area contributed by atoms with Crippen LogP contribution in [0.25, 0.3) is 0 Å². The normalized spacial score (nSPS) is 12.4. The molecule has 0 saturated heterocycles. The van der Waals surface area contributed by atoms with E-state index in [1.165, 1.54) is 18.2 Å². The van der Waals surface area contributed by atoms with Crippen LogP contribution in [0.2, 0.25) is 0 Å². The molecule has 0 heterocycles. The van der Waals surface area contributed by atoms with Crippen LogP contribution in [0, 0.1) is 0 Å². The zero-order chi connectivity index (χ0) is 19.3. The van der Waals surface area contributed by atoms with E-state index in [9.17, 15) is 8.78 Å². The van der Waals surface area contributed by atoms with Gasteiger partial charge in [-0.1, -0.05) is 42.5 Å². The molecule has 0 radical (unpaired) electrons. The predicted molar refractivity (Wildman–Crippen MR) is 98.4 cm³/mol. The minimum absolute atomic E-state index is 0.125. The van der Waals surface area contributed by atoms with E-state index in [4.69, 9.17) is 20.3 Å². The van der Waals surface area contributed by atoms with Gasteiger partial charge in [0.25, 0.3) is 5.92 Å². The van der Waals surface area contributed by atoms with Crippen LogP contribution in [-0.2, 0) is 0 Å². The maximum Gasteiger partial charge on any atom is 0.289 e. The Bertz CT molecular complexity index is 873. The summed E-state index contributed by atoms with van der Waals surface area (Å²) in [6.45, 7) is -1.34. The van der Waals surface area contributed by atoms with Crippen LogP contribution in [0.15, 0.2) is 78.9 Å². The third-order valence-electron chi connectivity index (χ3n) is 3.93. The summed E-state index contributed by atoms with van der Waals surface area (Å²) in [5.41, 5.74) is 5.77. The van der Waals surface area contributed by atoms with Crippen LogP contribution in [0.4, 0.5) is 8.78 Å². The molecule has 0 bridgehead atoms. The van der Waals surface area contributed by atoms with Gasteiger partial charge in [0.1, 0.15) is 18.1 Å². The Morgan fingerprint density at radius 2 is 1.33 bits per heavy atom. The van der Waals surface area contributed by atoms with Crippen molar-refractivity contribution in [3.05, 3.63) is 84.4 Å². The number of aliphatic hydroxyl groups excluding tert-OH is 1. The van der Waals surface area contributed by atoms with Gasteiger partial charge >= 0.3 is 0 Å². The van der Waals surface area contributed by atoms with Crippen molar-refractivity contribution in [3.8, 4) is 23.0 Å². The maximum atomic E-state index is 13.8. The molecule has 0 aliphatic carbocycles. The van der Waals surface area contributed by atoms with Gasteiger partial charge in [-0.2, -0.15) is 0 Å². The average molecular weight is 371 g/mol. The lowest BCUT2D eigenvalue weighted by molar-refractivity contribution is -0.0712. The molecule has 3 aromatic rings. The average Bonchev–Trinajstić information content (AvgIpc) is 2.70. The lowest BCUT2D eigenvalue weighted by Gasteiger charge is -2.23. The zero-order valence-corrected chi connectivity index (χ0v) is 14.4. The first kappa shape index (κ1) is 18.8. The van der Waals surface area contributed by atoms with Gasteiger partial charge in [0.15, 0.2) is 11.5 Å². The highest BCUT2D eigenvalue weighted by Crippen LogP contribution is 2.39. The molecule has 4 nitrogen and oxygen atoms in total. The maximum absolute atomic E-state index is 13.8. The van der Waals surface area contributed by atoms with E-state index < -0.39 is 18.6 Å². The van der Waals surface area contributed by atoms with Crippen molar-refractivity contribution >= 4 is 0 Å². The number of alkyl halides is 2. The van der Waals surface area contributed by atoms with E-state index in [1.807, 2.05) is 24.3 Å². The monoisotopic (exact) mass is 371 g/mol. The van der Waals surface area contributed by atoms with Gasteiger partial charge in [-0.05, 0) is 42.0 Å². The number of halogens is 2. The van der Waals surface area contributed by atoms with E-state index >= 15 is 0 Å². The van der Waals surface area contributed by atoms with Crippen LogP contribution < -0.4 is 15.2 Å². The number of benzene rings is 3. The zero-order valence-electron chi connectivity index (χ0n) is 14.4. The summed E-state index contributed by atoms with van der Waals surface area (Å²) in [6, 6.07) is 20.6. The highest BCUT2D eigenvalue weighted by molar-refractivity contribution is 5.48. The fourth-order valence-electron chi connectivity index (χ4n) is 2.46. The molecule has 0 aromatic heterocycles. The highest BCUT2D eigenvalue weighted by Gasteiger charge is 2.37. The Kier molecular flexibility index (Phi) is 5.69. The minimum Gasteiger partial charge on any atom is -0.453 e. The van der Waals surface area contributed by atoms with E-state index in [0.29, 0.717) is 17.2 Å². The Balaban J connectivity index is 1.97. The van der Waals surface area contributed by atoms with Gasteiger partial charge in [-0.15, -0.1) is 0 Å². The second-order valence-corrected chi connectivity index (χ2v) is 5.93. The number of ether oxygens (including phenoxy) is 2. The third-order valence-corrected chi connectivity index (χ3v) is 3.93. The predicted octanol–water partition coefficient (Wildman–Crippen LogP) is 4.90. The van der Waals surface area contributed by atoms with Crippen molar-refractivity contribution in [1.82, 2.24) is 0 Å². The van der Waals surface area contributed by atoms with Crippen LogP contribution in [0.1, 0.15) is 11.6 Å². The number of hydrogen-bond acceptors (Lipinski definition) is 4. The molecule has 27 heavy (non-hydrogen) atoms. The molecule has 1 atom stereocenters. The van der Waals surface area contributed by atoms with Crippen LogP contribution >= 0.6 is 0 Å². The quantitative estimate of drug-likeness (QED) is 0.620. The van der Waals surface area contributed by atoms with E-state index in [-0.39, 0.29) is 11.3 Å². The van der Waals surface area contributed by atoms with Gasteiger partial charge in [-0.25, -0.2) is 8.78 Å². The fourth-order valence-corrected chi connectivity index (χ4v) is 2.46. The molecular weight excluding hydrogens is 352 g/mol. The topological polar surface area (TPSA) is 64.7 Å². The molecule has 0 saturated carbocycles. The van der Waals surface area contributed by atoms with Crippen molar-refractivity contribution in [1.29, 1.82) is 0 Å². The molecule has 3 rings (SSSR count). The molecule has 0 amide bonds. The first-order valence-electron chi connectivity index (χ1n) is 8.33. The highest BCUT2D eigenvalue weighted by atomic mass is 19.3. The molecule has 0 fully saturated rings. The van der Waals surface area contributed by atoms with Gasteiger partial charge < -0.3 is 20.3 Å². The summed E-state index contributed by atoms with van der Waals surface area (Å²) in [7, 11) is 0. The molecule has 0 aliphatic heterocycles. The van der Waals surface area contributed by atoms with Crippen LogP contribution in [0.3, 0.4) is 0 Å². The summed E-state index contributed by atoms with van der Waals surface area (Å²) in [4.78, 5) is 0. The molecule has 0 aliphatic rings. The number of hydrogen-bond donors (Lipinski definition) is 2. The molecule has 0 spiro atoms. The molecule has 0 unspecified atom stereocenters. The Morgan fingerprint density at radius 3 is 1.85 bits per heavy atom. The largest absolute Gasteiger partial charge is 0.453 e. The molecule has 3 N–H and O–H groups in total. The van der Waals surface area contributed by atoms with Crippen molar-refractivity contribution in [2.24, 2.45) is 5.73 Å². The van der Waals surface area contributed by atoms with Crippen molar-refractivity contribution in [2.45, 2.75) is 12.0 Å². The second kappa shape index (κ2) is 8.16. The molecule has 6 heteroatoms. The number of rotatable bonds is 7. The summed E-state index contributed by atoms with van der Waals surface area (Å²) in [5, 5.41) is 8.89. The first-order chi connectivity index (χ1) is 13.0. The summed E-state index contributed by atoms with van der Waals surface area (Å²) in [5.74, 6) is -1.76. The number of para-hydroxylation sites is 2. The minimum atomic E-state index is -3.45.